The van der Waals surface area contributed by atoms with Gasteiger partial charge in [0, 0.05) is 20.0 Å². The second kappa shape index (κ2) is 18.6. The molecule has 264 valence electrons. The maximum Gasteiger partial charge on any atom is 0.416 e. The lowest BCUT2D eigenvalue weighted by Gasteiger charge is -2.29. The largest absolute Gasteiger partial charge is 0.461 e. The maximum absolute atomic E-state index is 14.4. The van der Waals surface area contributed by atoms with E-state index in [2.05, 4.69) is 15.9 Å². The summed E-state index contributed by atoms with van der Waals surface area (Å²) in [5, 5.41) is 9.72. The summed E-state index contributed by atoms with van der Waals surface area (Å²) >= 11 is 3.58. The fourth-order valence-corrected chi connectivity index (χ4v) is 6.39. The lowest BCUT2D eigenvalue weighted by Crippen LogP contribution is -2.46. The van der Waals surface area contributed by atoms with Gasteiger partial charge in [0.15, 0.2) is 6.10 Å². The van der Waals surface area contributed by atoms with Crippen LogP contribution in [0.4, 0.5) is 4.79 Å². The van der Waals surface area contributed by atoms with E-state index in [0.717, 1.165) is 21.6 Å². The zero-order valence-electron chi connectivity index (χ0n) is 27.9. The summed E-state index contributed by atoms with van der Waals surface area (Å²) in [5.41, 5.74) is 2.79. The molecule has 0 radical (unpaired) electrons. The van der Waals surface area contributed by atoms with Crippen molar-refractivity contribution in [2.45, 2.75) is 57.5 Å². The molecule has 5 rings (SSSR count). The molecule has 1 aliphatic heterocycles. The SMILES string of the molecule is CC(=O)O[C@@H](c1cc(Br)c(CCCOC[C@@H](CO)OCc2ccccc2)o1)[C@@H](Cc1ccccc1)C(=O)N1C(=O)OC[C@H]1Cc1ccccc1. The average molecular weight is 749 g/mol. The van der Waals surface area contributed by atoms with Gasteiger partial charge in [0.25, 0.3) is 0 Å². The summed E-state index contributed by atoms with van der Waals surface area (Å²) in [6, 6.07) is 29.8. The van der Waals surface area contributed by atoms with Crippen LogP contribution in [0.15, 0.2) is 106 Å². The van der Waals surface area contributed by atoms with Crippen molar-refractivity contribution >= 4 is 33.9 Å². The number of furan rings is 1. The molecule has 0 aliphatic carbocycles. The molecule has 10 nitrogen and oxygen atoms in total. The number of esters is 1. The number of imide groups is 1. The van der Waals surface area contributed by atoms with E-state index in [0.29, 0.717) is 42.7 Å². The highest BCUT2D eigenvalue weighted by molar-refractivity contribution is 9.10. The van der Waals surface area contributed by atoms with Crippen LogP contribution in [0.25, 0.3) is 0 Å². The number of amides is 2. The van der Waals surface area contributed by atoms with E-state index in [1.807, 2.05) is 91.0 Å². The van der Waals surface area contributed by atoms with Crippen molar-refractivity contribution < 1.29 is 42.9 Å². The molecular weight excluding hydrogens is 706 g/mol. The van der Waals surface area contributed by atoms with E-state index in [-0.39, 0.29) is 32.0 Å². The summed E-state index contributed by atoms with van der Waals surface area (Å²) < 4.78 is 29.7. The number of aliphatic hydroxyl groups excluding tert-OH is 1. The highest BCUT2D eigenvalue weighted by Gasteiger charge is 2.45. The van der Waals surface area contributed by atoms with E-state index in [1.54, 1.807) is 6.07 Å². The standard InChI is InChI=1S/C39H42BrNO9/c1-27(43)49-37(36-22-34(40)35(50-36)18-11-19-46-26-32(23-42)47-24-30-16-9-4-10-17-30)33(21-29-14-7-3-8-15-29)38(44)41-31(25-48-39(41)45)20-28-12-5-2-6-13-28/h2-10,12-17,22,31-33,37,42H,11,18-21,23-26H2,1H3/t31-,32-,33-,37-/m1/s1. The molecule has 2 amide bonds. The molecule has 50 heavy (non-hydrogen) atoms. The van der Waals surface area contributed by atoms with Gasteiger partial charge in [-0.25, -0.2) is 9.69 Å². The quantitative estimate of drug-likeness (QED) is 0.0883. The molecule has 1 aliphatic rings. The number of aliphatic hydroxyl groups is 1. The summed E-state index contributed by atoms with van der Waals surface area (Å²) in [4.78, 5) is 41.2. The van der Waals surface area contributed by atoms with E-state index >= 15 is 0 Å². The van der Waals surface area contributed by atoms with Gasteiger partial charge in [-0.3, -0.25) is 9.59 Å². The number of rotatable bonds is 18. The van der Waals surface area contributed by atoms with Crippen LogP contribution in [0.1, 0.15) is 47.7 Å². The molecular formula is C39H42BrNO9. The fraction of sp³-hybridized carbons (Fsp3) is 0.359. The van der Waals surface area contributed by atoms with Gasteiger partial charge < -0.3 is 28.5 Å². The lowest BCUT2D eigenvalue weighted by atomic mass is 9.90. The summed E-state index contributed by atoms with van der Waals surface area (Å²) in [6.45, 7) is 2.17. The molecule has 0 bridgehead atoms. The minimum atomic E-state index is -1.13. The van der Waals surface area contributed by atoms with E-state index in [1.165, 1.54) is 6.92 Å². The van der Waals surface area contributed by atoms with Gasteiger partial charge in [-0.1, -0.05) is 91.0 Å². The van der Waals surface area contributed by atoms with Crippen LogP contribution in [0.2, 0.25) is 0 Å². The molecule has 0 unspecified atom stereocenters. The van der Waals surface area contributed by atoms with Crippen molar-refractivity contribution in [3.8, 4) is 0 Å². The smallest absolute Gasteiger partial charge is 0.416 e. The van der Waals surface area contributed by atoms with Crippen LogP contribution in [0.5, 0.6) is 0 Å². The Morgan fingerprint density at radius 2 is 1.60 bits per heavy atom. The Hall–Kier alpha value is -4.29. The van der Waals surface area contributed by atoms with Crippen molar-refractivity contribution in [2.24, 2.45) is 5.92 Å². The Morgan fingerprint density at radius 3 is 2.24 bits per heavy atom. The number of hydrogen-bond acceptors (Lipinski definition) is 9. The first-order valence-corrected chi connectivity index (χ1v) is 17.5. The lowest BCUT2D eigenvalue weighted by molar-refractivity contribution is -0.155. The molecule has 1 fully saturated rings. The van der Waals surface area contributed by atoms with Gasteiger partial charge in [-0.05, 0) is 57.9 Å². The van der Waals surface area contributed by atoms with Crippen molar-refractivity contribution in [2.75, 3.05) is 26.4 Å². The van der Waals surface area contributed by atoms with Crippen LogP contribution < -0.4 is 0 Å². The Balaban J connectivity index is 1.28. The monoisotopic (exact) mass is 747 g/mol. The third-order valence-corrected chi connectivity index (χ3v) is 9.04. The normalized spacial score (nSPS) is 16.1. The Bertz CT molecular complexity index is 1660. The highest BCUT2D eigenvalue weighted by Crippen LogP contribution is 2.37. The first kappa shape index (κ1) is 37.0. The van der Waals surface area contributed by atoms with Crippen molar-refractivity contribution in [1.82, 2.24) is 4.90 Å². The molecule has 0 spiro atoms. The average Bonchev–Trinajstić information content (AvgIpc) is 3.69. The number of carbonyl (C=O) groups excluding carboxylic acids is 3. The molecule has 11 heteroatoms. The van der Waals surface area contributed by atoms with Crippen LogP contribution in [0.3, 0.4) is 0 Å². The van der Waals surface area contributed by atoms with Gasteiger partial charge in [-0.15, -0.1) is 0 Å². The predicted octanol–water partition coefficient (Wildman–Crippen LogP) is 6.62. The maximum atomic E-state index is 14.4. The highest BCUT2D eigenvalue weighted by atomic mass is 79.9. The van der Waals surface area contributed by atoms with Crippen LogP contribution >= 0.6 is 15.9 Å². The van der Waals surface area contributed by atoms with Crippen molar-refractivity contribution in [1.29, 1.82) is 0 Å². The second-order valence-corrected chi connectivity index (χ2v) is 13.0. The summed E-state index contributed by atoms with van der Waals surface area (Å²) in [6.07, 6.45) is -0.638. The summed E-state index contributed by atoms with van der Waals surface area (Å²) in [5.74, 6) is -1.24. The molecule has 1 N–H and O–H groups in total. The van der Waals surface area contributed by atoms with E-state index < -0.39 is 42.1 Å². The van der Waals surface area contributed by atoms with Gasteiger partial charge in [0.1, 0.15) is 24.2 Å². The van der Waals surface area contributed by atoms with Gasteiger partial charge in [0.2, 0.25) is 5.91 Å². The zero-order chi connectivity index (χ0) is 35.3. The number of ether oxygens (including phenoxy) is 4. The topological polar surface area (TPSA) is 125 Å². The van der Waals surface area contributed by atoms with Crippen LogP contribution in [0, 0.1) is 5.92 Å². The van der Waals surface area contributed by atoms with Crippen molar-refractivity contribution in [3.63, 3.8) is 0 Å². The van der Waals surface area contributed by atoms with Crippen LogP contribution in [-0.2, 0) is 54.4 Å². The minimum absolute atomic E-state index is 0.0620. The van der Waals surface area contributed by atoms with E-state index in [4.69, 9.17) is 23.4 Å². The number of cyclic esters (lactones) is 1. The number of halogens is 1. The number of aryl methyl sites for hydroxylation is 1. The molecule has 4 atom stereocenters. The minimum Gasteiger partial charge on any atom is -0.461 e. The Kier molecular flexibility index (Phi) is 13.8. The third kappa shape index (κ3) is 10.4. The molecule has 1 aromatic heterocycles. The second-order valence-electron chi connectivity index (χ2n) is 12.2. The van der Waals surface area contributed by atoms with Gasteiger partial charge in [0.05, 0.1) is 36.3 Å². The number of carbonyl (C=O) groups is 3. The van der Waals surface area contributed by atoms with E-state index in [9.17, 15) is 19.5 Å². The predicted molar refractivity (Wildman–Crippen MR) is 188 cm³/mol. The molecule has 3 aromatic carbocycles. The van der Waals surface area contributed by atoms with Gasteiger partial charge in [-0.2, -0.15) is 0 Å². The van der Waals surface area contributed by atoms with Crippen molar-refractivity contribution in [3.05, 3.63) is 130 Å². The number of benzene rings is 3. The number of nitrogens with zero attached hydrogens (tertiary/aromatic N) is 1. The summed E-state index contributed by atoms with van der Waals surface area (Å²) in [7, 11) is 0. The molecule has 0 saturated carbocycles. The number of hydrogen-bond donors (Lipinski definition) is 1. The Labute approximate surface area is 300 Å². The van der Waals surface area contributed by atoms with Gasteiger partial charge >= 0.3 is 12.1 Å². The molecule has 4 aromatic rings. The zero-order valence-corrected chi connectivity index (χ0v) is 29.5. The molecule has 2 heterocycles. The first-order valence-electron chi connectivity index (χ1n) is 16.7. The van der Waals surface area contributed by atoms with Crippen LogP contribution in [-0.4, -0.2) is 66.5 Å². The first-order chi connectivity index (χ1) is 24.3. The fourth-order valence-electron chi connectivity index (χ4n) is 5.88. The Morgan fingerprint density at radius 1 is 0.960 bits per heavy atom. The molecule has 1 saturated heterocycles. The third-order valence-electron chi connectivity index (χ3n) is 8.37.